The van der Waals surface area contributed by atoms with Crippen molar-refractivity contribution in [1.29, 1.82) is 0 Å². The van der Waals surface area contributed by atoms with Gasteiger partial charge >= 0.3 is 0 Å². The van der Waals surface area contributed by atoms with Crippen LogP contribution < -0.4 is 0 Å². The molecule has 1 fully saturated rings. The van der Waals surface area contributed by atoms with Crippen LogP contribution in [0.15, 0.2) is 76.6 Å². The quantitative estimate of drug-likeness (QED) is 0.386. The van der Waals surface area contributed by atoms with E-state index in [1.165, 1.54) is 11.6 Å². The molecule has 2 aromatic heterocycles. The fourth-order valence-electron chi connectivity index (χ4n) is 5.50. The lowest BCUT2D eigenvalue weighted by molar-refractivity contribution is 0.178. The summed E-state index contributed by atoms with van der Waals surface area (Å²) >= 11 is 0. The molecule has 0 saturated heterocycles. The number of rotatable bonds is 3. The van der Waals surface area contributed by atoms with E-state index in [1.807, 2.05) is 30.6 Å². The highest BCUT2D eigenvalue weighted by molar-refractivity contribution is 6.15. The van der Waals surface area contributed by atoms with Gasteiger partial charge in [0, 0.05) is 11.1 Å². The molecule has 2 aliphatic rings. The molecular weight excluding hydrogens is 401 g/mol. The molecule has 0 radical (unpaired) electrons. The molecule has 1 saturated carbocycles. The van der Waals surface area contributed by atoms with Gasteiger partial charge in [-0.1, -0.05) is 32.0 Å². The van der Waals surface area contributed by atoms with Crippen molar-refractivity contribution in [2.75, 3.05) is 0 Å². The second-order valence-electron chi connectivity index (χ2n) is 9.34. The molecular formula is C27H24FN3O. The van der Waals surface area contributed by atoms with Gasteiger partial charge in [-0.2, -0.15) is 0 Å². The second-order valence-corrected chi connectivity index (χ2v) is 9.34. The van der Waals surface area contributed by atoms with Crippen LogP contribution in [0.2, 0.25) is 0 Å². The SMILES string of the molecule is CC1CC(C)(c2ccc3c(c2)C(c2ccccc2F)=NCc2c(-c4ccco4)ncn2-3)C1. The lowest BCUT2D eigenvalue weighted by Gasteiger charge is -2.44. The minimum Gasteiger partial charge on any atom is -0.463 e. The van der Waals surface area contributed by atoms with Crippen molar-refractivity contribution < 1.29 is 8.81 Å². The highest BCUT2D eigenvalue weighted by Gasteiger charge is 2.39. The van der Waals surface area contributed by atoms with Crippen LogP contribution in [0, 0.1) is 11.7 Å². The van der Waals surface area contributed by atoms with Crippen LogP contribution in [-0.2, 0) is 12.0 Å². The Balaban J connectivity index is 1.57. The van der Waals surface area contributed by atoms with E-state index in [0.29, 0.717) is 23.6 Å². The Hall–Kier alpha value is -3.47. The van der Waals surface area contributed by atoms with E-state index in [0.717, 1.165) is 41.4 Å². The van der Waals surface area contributed by atoms with E-state index in [4.69, 9.17) is 9.41 Å². The molecule has 3 heterocycles. The summed E-state index contributed by atoms with van der Waals surface area (Å²) in [5, 5.41) is 0. The van der Waals surface area contributed by atoms with Gasteiger partial charge in [0.25, 0.3) is 0 Å². The number of aliphatic imine (C=N–C) groups is 1. The molecule has 32 heavy (non-hydrogen) atoms. The smallest absolute Gasteiger partial charge is 0.154 e. The van der Waals surface area contributed by atoms with Crippen LogP contribution in [0.5, 0.6) is 0 Å². The summed E-state index contributed by atoms with van der Waals surface area (Å²) in [4.78, 5) is 9.57. The molecule has 4 aromatic rings. The van der Waals surface area contributed by atoms with Crippen molar-refractivity contribution in [2.24, 2.45) is 10.9 Å². The number of halogens is 1. The highest BCUT2D eigenvalue weighted by atomic mass is 19.1. The molecule has 0 spiro atoms. The van der Waals surface area contributed by atoms with E-state index < -0.39 is 0 Å². The van der Waals surface area contributed by atoms with Gasteiger partial charge in [0.1, 0.15) is 17.8 Å². The fraction of sp³-hybridized carbons (Fsp3) is 0.259. The van der Waals surface area contributed by atoms with Gasteiger partial charge in [0.2, 0.25) is 0 Å². The van der Waals surface area contributed by atoms with Crippen LogP contribution in [-0.4, -0.2) is 15.3 Å². The monoisotopic (exact) mass is 425 g/mol. The maximum atomic E-state index is 14.9. The van der Waals surface area contributed by atoms with Gasteiger partial charge in [0.05, 0.1) is 29.9 Å². The summed E-state index contributed by atoms with van der Waals surface area (Å²) in [5.41, 5.74) is 6.25. The highest BCUT2D eigenvalue weighted by Crippen LogP contribution is 2.48. The number of fused-ring (bicyclic) bond motifs is 3. The number of aromatic nitrogens is 2. The summed E-state index contributed by atoms with van der Waals surface area (Å²) in [7, 11) is 0. The lowest BCUT2D eigenvalue weighted by Crippen LogP contribution is -2.37. The summed E-state index contributed by atoms with van der Waals surface area (Å²) in [6.45, 7) is 5.01. The van der Waals surface area contributed by atoms with Gasteiger partial charge in [-0.25, -0.2) is 9.37 Å². The zero-order chi connectivity index (χ0) is 21.9. The zero-order valence-corrected chi connectivity index (χ0v) is 18.2. The van der Waals surface area contributed by atoms with Gasteiger partial charge in [-0.3, -0.25) is 9.56 Å². The molecule has 0 atom stereocenters. The Bertz CT molecular complexity index is 1340. The number of furan rings is 1. The largest absolute Gasteiger partial charge is 0.463 e. The van der Waals surface area contributed by atoms with E-state index in [9.17, 15) is 4.39 Å². The summed E-state index contributed by atoms with van der Waals surface area (Å²) in [5.74, 6) is 1.18. The number of benzene rings is 2. The molecule has 1 aliphatic heterocycles. The Labute approximate surface area is 186 Å². The second kappa shape index (κ2) is 7.02. The van der Waals surface area contributed by atoms with Crippen molar-refractivity contribution in [3.8, 4) is 17.1 Å². The molecule has 0 N–H and O–H groups in total. The van der Waals surface area contributed by atoms with Crippen LogP contribution in [0.4, 0.5) is 4.39 Å². The van der Waals surface area contributed by atoms with Crippen molar-refractivity contribution in [2.45, 2.75) is 38.6 Å². The third kappa shape index (κ3) is 2.88. The average molecular weight is 426 g/mol. The predicted molar refractivity (Wildman–Crippen MR) is 123 cm³/mol. The first-order valence-electron chi connectivity index (χ1n) is 11.1. The molecule has 0 bridgehead atoms. The standard InChI is InChI=1S/C27H24FN3O/c1-17-13-27(2,14-17)18-9-10-22-20(12-18)25(19-6-3-4-7-21(19)28)29-15-23-26(30-16-31(22)23)24-8-5-11-32-24/h3-12,16-17H,13-15H2,1-2H3. The van der Waals surface area contributed by atoms with Gasteiger partial charge < -0.3 is 4.42 Å². The number of hydrogen-bond acceptors (Lipinski definition) is 3. The lowest BCUT2D eigenvalue weighted by atomic mass is 9.60. The van der Waals surface area contributed by atoms with Crippen molar-refractivity contribution in [3.05, 3.63) is 95.4 Å². The minimum absolute atomic E-state index is 0.151. The molecule has 160 valence electrons. The Morgan fingerprint density at radius 1 is 1.06 bits per heavy atom. The van der Waals surface area contributed by atoms with E-state index in [-0.39, 0.29) is 11.2 Å². The predicted octanol–water partition coefficient (Wildman–Crippen LogP) is 6.31. The Morgan fingerprint density at radius 2 is 1.91 bits per heavy atom. The molecule has 2 aromatic carbocycles. The molecule has 6 rings (SSSR count). The molecule has 5 heteroatoms. The third-order valence-electron chi connectivity index (χ3n) is 6.94. The first-order valence-corrected chi connectivity index (χ1v) is 11.1. The summed E-state index contributed by atoms with van der Waals surface area (Å²) in [6.07, 6.45) is 5.79. The first kappa shape index (κ1) is 19.2. The number of nitrogens with zero attached hydrogens (tertiary/aromatic N) is 3. The maximum Gasteiger partial charge on any atom is 0.154 e. The van der Waals surface area contributed by atoms with Crippen molar-refractivity contribution >= 4 is 5.71 Å². The van der Waals surface area contributed by atoms with E-state index in [1.54, 1.807) is 12.3 Å². The van der Waals surface area contributed by atoms with E-state index >= 15 is 0 Å². The van der Waals surface area contributed by atoms with Crippen molar-refractivity contribution in [1.82, 2.24) is 9.55 Å². The molecule has 0 amide bonds. The summed E-state index contributed by atoms with van der Waals surface area (Å²) in [6, 6.07) is 17.2. The fourth-order valence-corrected chi connectivity index (χ4v) is 5.50. The van der Waals surface area contributed by atoms with Gasteiger partial charge in [-0.05, 0) is 66.1 Å². The Morgan fingerprint density at radius 3 is 2.66 bits per heavy atom. The van der Waals surface area contributed by atoms with Gasteiger partial charge in [-0.15, -0.1) is 0 Å². The van der Waals surface area contributed by atoms with Gasteiger partial charge in [0.15, 0.2) is 5.76 Å². The molecule has 1 aliphatic carbocycles. The third-order valence-corrected chi connectivity index (χ3v) is 6.94. The van der Waals surface area contributed by atoms with Crippen molar-refractivity contribution in [3.63, 3.8) is 0 Å². The molecule has 4 nitrogen and oxygen atoms in total. The van der Waals surface area contributed by atoms with Crippen LogP contribution in [0.25, 0.3) is 17.1 Å². The zero-order valence-electron chi connectivity index (χ0n) is 18.2. The van der Waals surface area contributed by atoms with E-state index in [2.05, 4.69) is 41.6 Å². The van der Waals surface area contributed by atoms with Crippen LogP contribution in [0.3, 0.4) is 0 Å². The molecule has 0 unspecified atom stereocenters. The van der Waals surface area contributed by atoms with Crippen LogP contribution >= 0.6 is 0 Å². The topological polar surface area (TPSA) is 43.3 Å². The Kier molecular flexibility index (Phi) is 4.22. The number of imidazole rings is 1. The normalized spacial score (nSPS) is 21.8. The maximum absolute atomic E-state index is 14.9. The summed E-state index contributed by atoms with van der Waals surface area (Å²) < 4.78 is 22.6. The first-order chi connectivity index (χ1) is 15.5. The van der Waals surface area contributed by atoms with Crippen LogP contribution in [0.1, 0.15) is 49.1 Å². The number of hydrogen-bond donors (Lipinski definition) is 0. The minimum atomic E-state index is -0.262. The average Bonchev–Trinajstić information content (AvgIpc) is 3.41.